The van der Waals surface area contributed by atoms with Gasteiger partial charge in [0, 0.05) is 17.1 Å². The molecule has 98 valence electrons. The molecule has 0 aliphatic carbocycles. The number of benzene rings is 1. The molecule has 1 atom stereocenters. The maximum Gasteiger partial charge on any atom is 0.253 e. The van der Waals surface area contributed by atoms with E-state index in [9.17, 15) is 4.79 Å². The molecule has 1 heterocycles. The van der Waals surface area contributed by atoms with Crippen LogP contribution < -0.4 is 10.1 Å². The minimum atomic E-state index is -0.336. The number of ether oxygens (including phenoxy) is 2. The monoisotopic (exact) mass is 313 g/mol. The van der Waals surface area contributed by atoms with Crippen molar-refractivity contribution in [3.63, 3.8) is 0 Å². The largest absolute Gasteiger partial charge is 0.497 e. The summed E-state index contributed by atoms with van der Waals surface area (Å²) in [6, 6.07) is 5.46. The van der Waals surface area contributed by atoms with Gasteiger partial charge in [0.1, 0.15) is 11.9 Å². The summed E-state index contributed by atoms with van der Waals surface area (Å²) in [5.74, 6) is 0.613. The van der Waals surface area contributed by atoms with Gasteiger partial charge in [0.25, 0.3) is 5.91 Å². The van der Waals surface area contributed by atoms with Gasteiger partial charge in [-0.05, 0) is 47.3 Å². The first kappa shape index (κ1) is 13.4. The average Bonchev–Trinajstić information content (AvgIpc) is 2.42. The average molecular weight is 314 g/mol. The number of hydrogen-bond donors (Lipinski definition) is 1. The highest BCUT2D eigenvalue weighted by Crippen LogP contribution is 2.27. The molecule has 0 aromatic heterocycles. The van der Waals surface area contributed by atoms with Crippen LogP contribution in [-0.4, -0.2) is 25.7 Å². The molecule has 5 heteroatoms. The van der Waals surface area contributed by atoms with Crippen LogP contribution in [0.25, 0.3) is 0 Å². The van der Waals surface area contributed by atoms with Crippen LogP contribution in [0, 0.1) is 0 Å². The number of rotatable bonds is 3. The lowest BCUT2D eigenvalue weighted by Gasteiger charge is -2.22. The van der Waals surface area contributed by atoms with E-state index >= 15 is 0 Å². The van der Waals surface area contributed by atoms with Gasteiger partial charge in [0.15, 0.2) is 0 Å². The van der Waals surface area contributed by atoms with Crippen molar-refractivity contribution in [2.45, 2.75) is 25.4 Å². The van der Waals surface area contributed by atoms with Gasteiger partial charge in [-0.2, -0.15) is 0 Å². The molecule has 1 aliphatic heterocycles. The van der Waals surface area contributed by atoms with Crippen molar-refractivity contribution in [3.05, 3.63) is 22.7 Å². The summed E-state index contributed by atoms with van der Waals surface area (Å²) in [5.41, 5.74) is 0.702. The minimum absolute atomic E-state index is 0.0938. The lowest BCUT2D eigenvalue weighted by atomic mass is 10.1. The molecule has 0 radical (unpaired) electrons. The summed E-state index contributed by atoms with van der Waals surface area (Å²) >= 11 is 3.40. The SMILES string of the molecule is COc1ccc(Br)c(NC(=O)C2CCCCO2)c1. The summed E-state index contributed by atoms with van der Waals surface area (Å²) in [4.78, 5) is 12.0. The van der Waals surface area contributed by atoms with Gasteiger partial charge in [0.2, 0.25) is 0 Å². The van der Waals surface area contributed by atoms with Gasteiger partial charge < -0.3 is 14.8 Å². The molecule has 2 rings (SSSR count). The Kier molecular flexibility index (Phi) is 4.60. The summed E-state index contributed by atoms with van der Waals surface area (Å²) in [6.45, 7) is 0.664. The van der Waals surface area contributed by atoms with Gasteiger partial charge in [-0.1, -0.05) is 0 Å². The fourth-order valence-electron chi connectivity index (χ4n) is 1.89. The highest BCUT2D eigenvalue weighted by molar-refractivity contribution is 9.10. The summed E-state index contributed by atoms with van der Waals surface area (Å²) in [7, 11) is 1.60. The normalized spacial score (nSPS) is 19.3. The van der Waals surface area contributed by atoms with Crippen molar-refractivity contribution in [3.8, 4) is 5.75 Å². The lowest BCUT2D eigenvalue weighted by molar-refractivity contribution is -0.129. The van der Waals surface area contributed by atoms with E-state index in [4.69, 9.17) is 9.47 Å². The molecule has 0 saturated carbocycles. The van der Waals surface area contributed by atoms with E-state index in [-0.39, 0.29) is 12.0 Å². The summed E-state index contributed by atoms with van der Waals surface area (Å²) in [5, 5.41) is 2.86. The number of anilines is 1. The summed E-state index contributed by atoms with van der Waals surface area (Å²) in [6.07, 6.45) is 2.52. The van der Waals surface area contributed by atoms with Gasteiger partial charge in [-0.3, -0.25) is 4.79 Å². The first-order chi connectivity index (χ1) is 8.70. The Morgan fingerprint density at radius 1 is 1.50 bits per heavy atom. The zero-order valence-electron chi connectivity index (χ0n) is 10.2. The molecule has 1 amide bonds. The van der Waals surface area contributed by atoms with Crippen molar-refractivity contribution in [1.29, 1.82) is 0 Å². The molecule has 18 heavy (non-hydrogen) atoms. The number of amides is 1. The third-order valence-electron chi connectivity index (χ3n) is 2.90. The van der Waals surface area contributed by atoms with Crippen LogP contribution in [0.4, 0.5) is 5.69 Å². The van der Waals surface area contributed by atoms with E-state index in [1.165, 1.54) is 0 Å². The molecule has 1 N–H and O–H groups in total. The van der Waals surface area contributed by atoms with Crippen molar-refractivity contribution >= 4 is 27.5 Å². The zero-order valence-corrected chi connectivity index (χ0v) is 11.8. The maximum atomic E-state index is 12.0. The number of carbonyl (C=O) groups is 1. The van der Waals surface area contributed by atoms with Crippen LogP contribution in [0.3, 0.4) is 0 Å². The summed E-state index contributed by atoms with van der Waals surface area (Å²) < 4.78 is 11.4. The van der Waals surface area contributed by atoms with Crippen LogP contribution in [0.1, 0.15) is 19.3 Å². The quantitative estimate of drug-likeness (QED) is 0.933. The molecule has 1 fully saturated rings. The Hall–Kier alpha value is -1.07. The first-order valence-corrected chi connectivity index (χ1v) is 6.76. The van der Waals surface area contributed by atoms with Crippen molar-refractivity contribution in [1.82, 2.24) is 0 Å². The standard InChI is InChI=1S/C13H16BrNO3/c1-17-9-5-6-10(14)11(8-9)15-13(16)12-4-2-3-7-18-12/h5-6,8,12H,2-4,7H2,1H3,(H,15,16). The van der Waals surface area contributed by atoms with Crippen molar-refractivity contribution in [2.24, 2.45) is 0 Å². The molecule has 0 bridgehead atoms. The Morgan fingerprint density at radius 3 is 3.00 bits per heavy atom. The molecule has 1 aromatic carbocycles. The van der Waals surface area contributed by atoms with E-state index in [0.29, 0.717) is 18.0 Å². The number of nitrogens with one attached hydrogen (secondary N) is 1. The third kappa shape index (κ3) is 3.23. The maximum absolute atomic E-state index is 12.0. The van der Waals surface area contributed by atoms with E-state index in [1.54, 1.807) is 13.2 Å². The lowest BCUT2D eigenvalue weighted by Crippen LogP contribution is -2.33. The van der Waals surface area contributed by atoms with Gasteiger partial charge in [0.05, 0.1) is 12.8 Å². The van der Waals surface area contributed by atoms with Crippen LogP contribution in [-0.2, 0) is 9.53 Å². The molecule has 1 unspecified atom stereocenters. The number of carbonyl (C=O) groups excluding carboxylic acids is 1. The molecule has 1 saturated heterocycles. The zero-order chi connectivity index (χ0) is 13.0. The van der Waals surface area contributed by atoms with Crippen LogP contribution in [0.2, 0.25) is 0 Å². The fraction of sp³-hybridized carbons (Fsp3) is 0.462. The van der Waals surface area contributed by atoms with Crippen molar-refractivity contribution < 1.29 is 14.3 Å². The number of hydrogen-bond acceptors (Lipinski definition) is 3. The Balaban J connectivity index is 2.05. The third-order valence-corrected chi connectivity index (χ3v) is 3.60. The highest BCUT2D eigenvalue weighted by atomic mass is 79.9. The second kappa shape index (κ2) is 6.20. The van der Waals surface area contributed by atoms with Gasteiger partial charge in [-0.15, -0.1) is 0 Å². The van der Waals surface area contributed by atoms with E-state index < -0.39 is 0 Å². The van der Waals surface area contributed by atoms with E-state index in [2.05, 4.69) is 21.2 Å². The van der Waals surface area contributed by atoms with Gasteiger partial charge in [-0.25, -0.2) is 0 Å². The predicted molar refractivity (Wildman–Crippen MR) is 72.9 cm³/mol. The second-order valence-corrected chi connectivity index (χ2v) is 5.04. The Bertz CT molecular complexity index is 430. The molecule has 0 spiro atoms. The van der Waals surface area contributed by atoms with E-state index in [0.717, 1.165) is 23.7 Å². The van der Waals surface area contributed by atoms with Crippen LogP contribution >= 0.6 is 15.9 Å². The molecule has 1 aliphatic rings. The molecular weight excluding hydrogens is 298 g/mol. The molecule has 4 nitrogen and oxygen atoms in total. The van der Waals surface area contributed by atoms with Gasteiger partial charge >= 0.3 is 0 Å². The molecule has 1 aromatic rings. The van der Waals surface area contributed by atoms with Crippen molar-refractivity contribution in [2.75, 3.05) is 19.0 Å². The second-order valence-electron chi connectivity index (χ2n) is 4.19. The van der Waals surface area contributed by atoms with Crippen LogP contribution in [0.5, 0.6) is 5.75 Å². The number of halogens is 1. The minimum Gasteiger partial charge on any atom is -0.497 e. The Labute approximate surface area is 115 Å². The van der Waals surface area contributed by atoms with Crippen LogP contribution in [0.15, 0.2) is 22.7 Å². The fourth-order valence-corrected chi connectivity index (χ4v) is 2.23. The van der Waals surface area contributed by atoms with E-state index in [1.807, 2.05) is 12.1 Å². The molecular formula is C13H16BrNO3. The smallest absolute Gasteiger partial charge is 0.253 e. The predicted octanol–water partition coefficient (Wildman–Crippen LogP) is 2.97. The number of methoxy groups -OCH3 is 1. The first-order valence-electron chi connectivity index (χ1n) is 5.96. The highest BCUT2D eigenvalue weighted by Gasteiger charge is 2.22. The Morgan fingerprint density at radius 2 is 2.33 bits per heavy atom. The topological polar surface area (TPSA) is 47.6 Å².